The molecule has 0 spiro atoms. The van der Waals surface area contributed by atoms with Crippen LogP contribution in [-0.4, -0.2) is 130 Å². The van der Waals surface area contributed by atoms with E-state index in [1.807, 2.05) is 18.2 Å². The Morgan fingerprint density at radius 3 is 2.62 bits per heavy atom. The van der Waals surface area contributed by atoms with Crippen LogP contribution in [0.15, 0.2) is 49.1 Å². The zero-order valence-corrected chi connectivity index (χ0v) is 26.4. The van der Waals surface area contributed by atoms with E-state index in [0.29, 0.717) is 17.8 Å². The van der Waals surface area contributed by atoms with E-state index >= 15 is 0 Å². The quantitative estimate of drug-likeness (QED) is 0.136. The number of anilines is 1. The van der Waals surface area contributed by atoms with Gasteiger partial charge in [-0.15, -0.1) is 6.58 Å². The third-order valence-electron chi connectivity index (χ3n) is 8.71. The number of phenolic OH excluding ortho intramolecular Hbond substituents is 1. The molecule has 0 radical (unpaired) electrons. The summed E-state index contributed by atoms with van der Waals surface area (Å²) in [5, 5.41) is 10.8. The summed E-state index contributed by atoms with van der Waals surface area (Å²) < 4.78 is 14.8. The molecule has 13 heteroatoms. The highest BCUT2D eigenvalue weighted by Crippen LogP contribution is 2.25. The van der Waals surface area contributed by atoms with Crippen LogP contribution in [0.5, 0.6) is 5.75 Å². The number of phenols is 1. The summed E-state index contributed by atoms with van der Waals surface area (Å²) in [5.74, 6) is 4.38. The number of pyridine rings is 1. The van der Waals surface area contributed by atoms with Crippen molar-refractivity contribution in [3.05, 3.63) is 66.1 Å². The molecule has 0 aliphatic carbocycles. The Kier molecular flexibility index (Phi) is 11.6. The van der Waals surface area contributed by atoms with E-state index in [-0.39, 0.29) is 50.3 Å². The number of carbonyl (C=O) groups is 3. The first-order valence-electron chi connectivity index (χ1n) is 15.3. The van der Waals surface area contributed by atoms with E-state index in [2.05, 4.69) is 35.3 Å². The van der Waals surface area contributed by atoms with Gasteiger partial charge in [-0.05, 0) is 44.7 Å². The second-order valence-corrected chi connectivity index (χ2v) is 11.8. The van der Waals surface area contributed by atoms with E-state index in [0.717, 1.165) is 54.5 Å². The third kappa shape index (κ3) is 8.42. The van der Waals surface area contributed by atoms with Crippen LogP contribution < -0.4 is 10.7 Å². The molecule has 3 amide bonds. The first-order chi connectivity index (χ1) is 21.5. The van der Waals surface area contributed by atoms with Crippen molar-refractivity contribution in [1.82, 2.24) is 29.6 Å². The van der Waals surface area contributed by atoms with Gasteiger partial charge >= 0.3 is 0 Å². The van der Waals surface area contributed by atoms with Gasteiger partial charge in [0.05, 0.1) is 18.8 Å². The van der Waals surface area contributed by atoms with Gasteiger partial charge in [0, 0.05) is 70.4 Å². The van der Waals surface area contributed by atoms with Gasteiger partial charge < -0.3 is 19.8 Å². The maximum atomic E-state index is 14.8. The molecule has 2 atom stereocenters. The summed E-state index contributed by atoms with van der Waals surface area (Å²) in [5.41, 5.74) is 0.719. The highest BCUT2D eigenvalue weighted by molar-refractivity contribution is 5.95. The summed E-state index contributed by atoms with van der Waals surface area (Å²) in [6.45, 7) is 12.7. The highest BCUT2D eigenvalue weighted by Gasteiger charge is 2.36. The van der Waals surface area contributed by atoms with E-state index in [4.69, 9.17) is 10.8 Å². The van der Waals surface area contributed by atoms with Crippen LogP contribution in [0.25, 0.3) is 0 Å². The van der Waals surface area contributed by atoms with E-state index in [1.165, 1.54) is 23.1 Å². The Morgan fingerprint density at radius 2 is 1.98 bits per heavy atom. The molecule has 2 aliphatic rings. The largest absolute Gasteiger partial charge is 0.508 e. The lowest BCUT2D eigenvalue weighted by Gasteiger charge is -2.49. The predicted octanol–water partition coefficient (Wildman–Crippen LogP) is 1.06. The van der Waals surface area contributed by atoms with Crippen molar-refractivity contribution in [2.45, 2.75) is 44.9 Å². The van der Waals surface area contributed by atoms with Crippen LogP contribution in [0.3, 0.4) is 0 Å². The lowest BCUT2D eigenvalue weighted by atomic mass is 10.0. The van der Waals surface area contributed by atoms with Crippen LogP contribution in [0.4, 0.5) is 10.2 Å². The highest BCUT2D eigenvalue weighted by atomic mass is 19.1. The molecule has 244 valence electrons. The Labute approximate surface area is 264 Å². The van der Waals surface area contributed by atoms with Crippen LogP contribution >= 0.6 is 0 Å². The molecule has 3 N–H and O–H groups in total. The fraction of sp³-hybridized carbons (Fsp3) is 0.500. The molecule has 2 aliphatic heterocycles. The summed E-state index contributed by atoms with van der Waals surface area (Å²) >= 11 is 0. The van der Waals surface area contributed by atoms with Crippen LogP contribution in [0, 0.1) is 5.82 Å². The number of benzene rings is 1. The summed E-state index contributed by atoms with van der Waals surface area (Å²) in [6, 6.07) is 8.88. The Hall–Kier alpha value is -3.91. The van der Waals surface area contributed by atoms with Gasteiger partial charge in [0.15, 0.2) is 0 Å². The van der Waals surface area contributed by atoms with Crippen molar-refractivity contribution < 1.29 is 23.9 Å². The number of carbonyl (C=O) groups excluding carboxylic acids is 3. The fourth-order valence-electron chi connectivity index (χ4n) is 5.77. The van der Waals surface area contributed by atoms with Crippen molar-refractivity contribution in [2.24, 2.45) is 5.84 Å². The van der Waals surface area contributed by atoms with Crippen molar-refractivity contribution in [3.8, 4) is 5.75 Å². The summed E-state index contributed by atoms with van der Waals surface area (Å²) in [6.07, 6.45) is 1.49. The minimum absolute atomic E-state index is 0.0692. The van der Waals surface area contributed by atoms with Crippen LogP contribution in [0.2, 0.25) is 0 Å². The SMILES string of the molecule is C=CCN(N)CC(=O)N(C=O)[C@@H](Cc1ccc(O)cc1F)C(=O)N(CC)Cc1cccc(N2CC(N3CCN(C)[C@@H](C)C3)C2)n1. The number of aromatic hydroxyl groups is 1. The van der Waals surface area contributed by atoms with E-state index < -0.39 is 23.7 Å². The van der Waals surface area contributed by atoms with Gasteiger partial charge in [-0.3, -0.25) is 30.0 Å². The molecule has 0 saturated carbocycles. The third-order valence-corrected chi connectivity index (χ3v) is 8.71. The number of nitrogens with zero attached hydrogens (tertiary/aromatic N) is 7. The molecule has 2 saturated heterocycles. The molecule has 4 rings (SSSR count). The van der Waals surface area contributed by atoms with Crippen molar-refractivity contribution in [3.63, 3.8) is 0 Å². The molecular weight excluding hydrogens is 579 g/mol. The van der Waals surface area contributed by atoms with E-state index in [1.54, 1.807) is 6.92 Å². The number of amides is 3. The van der Waals surface area contributed by atoms with Crippen molar-refractivity contribution in [1.29, 1.82) is 0 Å². The maximum Gasteiger partial charge on any atom is 0.246 e. The molecule has 45 heavy (non-hydrogen) atoms. The first kappa shape index (κ1) is 34.0. The average Bonchev–Trinajstić information content (AvgIpc) is 2.98. The summed E-state index contributed by atoms with van der Waals surface area (Å²) in [4.78, 5) is 53.7. The number of hydrazine groups is 1. The number of aromatic nitrogens is 1. The number of hydrogen-bond acceptors (Lipinski definition) is 10. The number of halogens is 1. The summed E-state index contributed by atoms with van der Waals surface area (Å²) in [7, 11) is 2.16. The van der Waals surface area contributed by atoms with Gasteiger partial charge in [-0.2, -0.15) is 0 Å². The number of rotatable bonds is 14. The van der Waals surface area contributed by atoms with Gasteiger partial charge in [0.25, 0.3) is 0 Å². The molecule has 0 unspecified atom stereocenters. The molecular formula is C32H45FN8O4. The second-order valence-electron chi connectivity index (χ2n) is 11.8. The topological polar surface area (TPSA) is 130 Å². The Bertz CT molecular complexity index is 1360. The minimum atomic E-state index is -1.35. The smallest absolute Gasteiger partial charge is 0.246 e. The lowest BCUT2D eigenvalue weighted by Crippen LogP contribution is -2.64. The number of hydrogen-bond donors (Lipinski definition) is 2. The zero-order chi connectivity index (χ0) is 32.7. The molecule has 1 aromatic heterocycles. The average molecular weight is 625 g/mol. The Morgan fingerprint density at radius 1 is 1.22 bits per heavy atom. The maximum absolute atomic E-state index is 14.8. The molecule has 1 aromatic carbocycles. The standard InChI is InChI=1S/C32H45FN8O4/c1-5-12-40(34)21-31(44)41(22-42)29(15-24-10-11-27(43)16-28(24)33)32(45)37(6-2)18-25-8-7-9-30(35-25)39-19-26(20-39)38-14-13-36(4)23(3)17-38/h5,7-11,16,22-23,26,29,43H,1,6,12-15,17-21,34H2,2-4H3/t23-,29-/m0/s1. The minimum Gasteiger partial charge on any atom is -0.508 e. The van der Waals surface area contributed by atoms with Gasteiger partial charge in [-0.25, -0.2) is 14.4 Å². The van der Waals surface area contributed by atoms with Gasteiger partial charge in [0.1, 0.15) is 23.4 Å². The molecule has 2 fully saturated rings. The fourth-order valence-corrected chi connectivity index (χ4v) is 5.77. The predicted molar refractivity (Wildman–Crippen MR) is 169 cm³/mol. The lowest BCUT2D eigenvalue weighted by molar-refractivity contribution is -0.151. The van der Waals surface area contributed by atoms with Crippen LogP contribution in [-0.2, 0) is 27.3 Å². The van der Waals surface area contributed by atoms with Crippen LogP contribution in [0.1, 0.15) is 25.1 Å². The monoisotopic (exact) mass is 624 g/mol. The van der Waals surface area contributed by atoms with Gasteiger partial charge in [-0.1, -0.05) is 18.2 Å². The number of likely N-dealkylation sites (N-methyl/N-ethyl adjacent to an activating group) is 2. The number of nitrogens with two attached hydrogens (primary N) is 1. The normalized spacial score (nSPS) is 18.4. The molecule has 2 aromatic rings. The zero-order valence-electron chi connectivity index (χ0n) is 26.4. The number of piperazine rings is 1. The van der Waals surface area contributed by atoms with Gasteiger partial charge in [0.2, 0.25) is 18.2 Å². The Balaban J connectivity index is 1.49. The van der Waals surface area contributed by atoms with E-state index in [9.17, 15) is 23.9 Å². The molecule has 0 bridgehead atoms. The molecule has 12 nitrogen and oxygen atoms in total. The van der Waals surface area contributed by atoms with Crippen molar-refractivity contribution >= 4 is 24.0 Å². The van der Waals surface area contributed by atoms with Crippen molar-refractivity contribution in [2.75, 3.05) is 64.3 Å². The second kappa shape index (κ2) is 15.4. The molecule has 3 heterocycles. The number of imide groups is 1. The first-order valence-corrected chi connectivity index (χ1v) is 15.3.